The lowest BCUT2D eigenvalue weighted by molar-refractivity contribution is -0.128. The van der Waals surface area contributed by atoms with Crippen molar-refractivity contribution in [1.82, 2.24) is 20.1 Å². The van der Waals surface area contributed by atoms with Crippen LogP contribution in [0.4, 0.5) is 0 Å². The molecule has 0 unspecified atom stereocenters. The Bertz CT molecular complexity index is 738. The molecule has 0 bridgehead atoms. The largest absolute Gasteiger partial charge is 0.355 e. The first-order chi connectivity index (χ1) is 12.7. The van der Waals surface area contributed by atoms with Crippen molar-refractivity contribution in [3.05, 3.63) is 59.9 Å². The Labute approximate surface area is 154 Å². The monoisotopic (exact) mass is 353 g/mol. The van der Waals surface area contributed by atoms with E-state index in [4.69, 9.17) is 0 Å². The number of benzene rings is 1. The van der Waals surface area contributed by atoms with Crippen molar-refractivity contribution in [3.63, 3.8) is 0 Å². The maximum atomic E-state index is 11.8. The number of likely N-dealkylation sites (tertiary alicyclic amines) is 1. The van der Waals surface area contributed by atoms with E-state index in [1.807, 2.05) is 17.0 Å². The number of nitrogens with zero attached hydrogens (tertiary/aromatic N) is 3. The van der Waals surface area contributed by atoms with Gasteiger partial charge in [-0.1, -0.05) is 24.3 Å². The van der Waals surface area contributed by atoms with Gasteiger partial charge in [-0.2, -0.15) is 0 Å². The third-order valence-corrected chi connectivity index (χ3v) is 4.55. The fraction of sp³-hybridized carbons (Fsp3) is 0.400. The zero-order valence-corrected chi connectivity index (χ0v) is 15.3. The SMILES string of the molecule is CN=C(NCCn1cccc1)NCc1cccc(CN2CCCC2=O)c1. The molecular formula is C20H27N5O. The Morgan fingerprint density at radius 1 is 1.15 bits per heavy atom. The van der Waals surface area contributed by atoms with E-state index in [1.165, 1.54) is 11.1 Å². The molecule has 6 heteroatoms. The number of amides is 1. The summed E-state index contributed by atoms with van der Waals surface area (Å²) in [5.41, 5.74) is 2.36. The van der Waals surface area contributed by atoms with Crippen molar-refractivity contribution in [2.45, 2.75) is 32.5 Å². The molecule has 0 radical (unpaired) electrons. The van der Waals surface area contributed by atoms with Crippen molar-refractivity contribution in [1.29, 1.82) is 0 Å². The van der Waals surface area contributed by atoms with Crippen LogP contribution < -0.4 is 10.6 Å². The molecule has 1 saturated heterocycles. The molecule has 2 heterocycles. The first-order valence-corrected chi connectivity index (χ1v) is 9.15. The lowest BCUT2D eigenvalue weighted by Crippen LogP contribution is -2.38. The number of hydrogen-bond donors (Lipinski definition) is 2. The Balaban J connectivity index is 1.46. The second kappa shape index (κ2) is 9.08. The third kappa shape index (κ3) is 5.12. The highest BCUT2D eigenvalue weighted by atomic mass is 16.2. The van der Waals surface area contributed by atoms with Gasteiger partial charge in [0.25, 0.3) is 0 Å². The Morgan fingerprint density at radius 2 is 1.96 bits per heavy atom. The molecule has 1 aliphatic heterocycles. The van der Waals surface area contributed by atoms with Gasteiger partial charge in [0.15, 0.2) is 5.96 Å². The van der Waals surface area contributed by atoms with Crippen LogP contribution in [0.15, 0.2) is 53.8 Å². The number of nitrogens with one attached hydrogen (secondary N) is 2. The molecule has 1 aromatic heterocycles. The maximum absolute atomic E-state index is 11.8. The van der Waals surface area contributed by atoms with Crippen molar-refractivity contribution in [2.24, 2.45) is 4.99 Å². The molecule has 1 amide bonds. The van der Waals surface area contributed by atoms with Crippen LogP contribution in [0.2, 0.25) is 0 Å². The number of carbonyl (C=O) groups excluding carboxylic acids is 1. The molecule has 0 saturated carbocycles. The standard InChI is InChI=1S/C20H27N5O/c1-21-20(22-9-13-24-10-2-3-11-24)23-15-17-6-4-7-18(14-17)16-25-12-5-8-19(25)26/h2-4,6-7,10-11,14H,5,8-9,12-13,15-16H2,1H3,(H2,21,22,23). The van der Waals surface area contributed by atoms with E-state index >= 15 is 0 Å². The molecule has 1 aliphatic rings. The van der Waals surface area contributed by atoms with Gasteiger partial charge in [0, 0.05) is 58.6 Å². The first kappa shape index (κ1) is 18.0. The molecule has 138 valence electrons. The van der Waals surface area contributed by atoms with Crippen LogP contribution in [0, 0.1) is 0 Å². The van der Waals surface area contributed by atoms with Crippen molar-refractivity contribution < 1.29 is 4.79 Å². The molecule has 2 N–H and O–H groups in total. The van der Waals surface area contributed by atoms with Gasteiger partial charge in [-0.3, -0.25) is 9.79 Å². The minimum Gasteiger partial charge on any atom is -0.355 e. The lowest BCUT2D eigenvalue weighted by atomic mass is 10.1. The number of rotatable bonds is 7. The normalized spacial score (nSPS) is 14.7. The molecule has 3 rings (SSSR count). The van der Waals surface area contributed by atoms with E-state index in [1.54, 1.807) is 7.05 Å². The van der Waals surface area contributed by atoms with E-state index in [2.05, 4.69) is 56.9 Å². The van der Waals surface area contributed by atoms with Crippen LogP contribution in [-0.2, 0) is 24.4 Å². The van der Waals surface area contributed by atoms with E-state index in [9.17, 15) is 4.79 Å². The summed E-state index contributed by atoms with van der Waals surface area (Å²) in [4.78, 5) is 18.0. The highest BCUT2D eigenvalue weighted by Gasteiger charge is 2.19. The molecular weight excluding hydrogens is 326 g/mol. The Kier molecular flexibility index (Phi) is 6.30. The van der Waals surface area contributed by atoms with Crippen molar-refractivity contribution in [3.8, 4) is 0 Å². The predicted molar refractivity (Wildman–Crippen MR) is 104 cm³/mol. The van der Waals surface area contributed by atoms with Gasteiger partial charge >= 0.3 is 0 Å². The summed E-state index contributed by atoms with van der Waals surface area (Å²) in [7, 11) is 1.78. The maximum Gasteiger partial charge on any atom is 0.222 e. The fourth-order valence-corrected chi connectivity index (χ4v) is 3.16. The first-order valence-electron chi connectivity index (χ1n) is 9.15. The summed E-state index contributed by atoms with van der Waals surface area (Å²) < 4.78 is 2.13. The number of guanidine groups is 1. The van der Waals surface area contributed by atoms with Gasteiger partial charge in [-0.15, -0.1) is 0 Å². The second-order valence-corrected chi connectivity index (χ2v) is 6.51. The summed E-state index contributed by atoms with van der Waals surface area (Å²) in [6.45, 7) is 3.99. The highest BCUT2D eigenvalue weighted by Crippen LogP contribution is 2.15. The molecule has 2 aromatic rings. The number of hydrogen-bond acceptors (Lipinski definition) is 2. The van der Waals surface area contributed by atoms with Crippen LogP contribution in [0.25, 0.3) is 0 Å². The van der Waals surface area contributed by atoms with Gasteiger partial charge in [0.05, 0.1) is 0 Å². The van der Waals surface area contributed by atoms with Crippen LogP contribution in [0.5, 0.6) is 0 Å². The average molecular weight is 353 g/mol. The minimum atomic E-state index is 0.265. The van der Waals surface area contributed by atoms with Gasteiger partial charge in [0.1, 0.15) is 0 Å². The fourth-order valence-electron chi connectivity index (χ4n) is 3.16. The topological polar surface area (TPSA) is 61.7 Å². The summed E-state index contributed by atoms with van der Waals surface area (Å²) in [6.07, 6.45) is 5.76. The van der Waals surface area contributed by atoms with Gasteiger partial charge in [-0.05, 0) is 29.7 Å². The number of aromatic nitrogens is 1. The number of carbonyl (C=O) groups is 1. The molecule has 6 nitrogen and oxygen atoms in total. The molecule has 0 spiro atoms. The molecule has 0 aliphatic carbocycles. The number of aliphatic imine (C=N–C) groups is 1. The zero-order valence-electron chi connectivity index (χ0n) is 15.3. The van der Waals surface area contributed by atoms with Crippen LogP contribution in [0.1, 0.15) is 24.0 Å². The van der Waals surface area contributed by atoms with Crippen LogP contribution in [-0.4, -0.2) is 41.5 Å². The van der Waals surface area contributed by atoms with Gasteiger partial charge in [-0.25, -0.2) is 0 Å². The summed E-state index contributed by atoms with van der Waals surface area (Å²) in [5.74, 6) is 1.05. The highest BCUT2D eigenvalue weighted by molar-refractivity contribution is 5.79. The summed E-state index contributed by atoms with van der Waals surface area (Å²) >= 11 is 0. The summed E-state index contributed by atoms with van der Waals surface area (Å²) in [5, 5.41) is 6.67. The van der Waals surface area contributed by atoms with Gasteiger partial charge in [0.2, 0.25) is 5.91 Å². The van der Waals surface area contributed by atoms with Crippen molar-refractivity contribution >= 4 is 11.9 Å². The lowest BCUT2D eigenvalue weighted by Gasteiger charge is -2.16. The predicted octanol–water partition coefficient (Wildman–Crippen LogP) is 1.98. The minimum absolute atomic E-state index is 0.265. The average Bonchev–Trinajstić information content (AvgIpc) is 3.31. The zero-order chi connectivity index (χ0) is 18.2. The second-order valence-electron chi connectivity index (χ2n) is 6.51. The molecule has 1 aromatic carbocycles. The smallest absolute Gasteiger partial charge is 0.222 e. The van der Waals surface area contributed by atoms with E-state index in [-0.39, 0.29) is 5.91 Å². The Morgan fingerprint density at radius 3 is 2.69 bits per heavy atom. The van der Waals surface area contributed by atoms with Crippen LogP contribution in [0.3, 0.4) is 0 Å². The Hall–Kier alpha value is -2.76. The molecule has 1 fully saturated rings. The van der Waals surface area contributed by atoms with Gasteiger partial charge < -0.3 is 20.1 Å². The quantitative estimate of drug-likeness (QED) is 0.591. The van der Waals surface area contributed by atoms with E-state index in [0.717, 1.165) is 32.0 Å². The molecule has 26 heavy (non-hydrogen) atoms. The van der Waals surface area contributed by atoms with E-state index < -0.39 is 0 Å². The van der Waals surface area contributed by atoms with Crippen molar-refractivity contribution in [2.75, 3.05) is 20.1 Å². The van der Waals surface area contributed by atoms with Crippen LogP contribution >= 0.6 is 0 Å². The van der Waals surface area contributed by atoms with E-state index in [0.29, 0.717) is 19.5 Å². The summed E-state index contributed by atoms with van der Waals surface area (Å²) in [6, 6.07) is 12.4. The molecule has 0 atom stereocenters. The third-order valence-electron chi connectivity index (χ3n) is 4.55.